The molecule has 10 heteroatoms. The first-order valence-corrected chi connectivity index (χ1v) is 4.90. The highest BCUT2D eigenvalue weighted by molar-refractivity contribution is 7.80. The number of aromatic nitrogens is 4. The molecule has 0 atom stereocenters. The first-order valence-electron chi connectivity index (χ1n) is 4.45. The van der Waals surface area contributed by atoms with E-state index in [9.17, 15) is 18.0 Å². The third kappa shape index (κ3) is 2.10. The average Bonchev–Trinajstić information content (AvgIpc) is 2.68. The maximum absolute atomic E-state index is 12.7. The molecule has 2 heterocycles. The van der Waals surface area contributed by atoms with Gasteiger partial charge in [-0.1, -0.05) is 0 Å². The SMILES string of the molecule is COC(=O)c1nc2nc(S)cc(C(F)(F)F)n2n1. The summed E-state index contributed by atoms with van der Waals surface area (Å²) >= 11 is 3.74. The summed E-state index contributed by atoms with van der Waals surface area (Å²) in [6.45, 7) is 0. The predicted octanol–water partition coefficient (Wildman–Crippen LogP) is 1.22. The second-order valence-corrected chi connectivity index (χ2v) is 3.59. The quantitative estimate of drug-likeness (QED) is 0.482. The van der Waals surface area contributed by atoms with E-state index < -0.39 is 23.7 Å². The molecule has 0 spiro atoms. The van der Waals surface area contributed by atoms with Crippen LogP contribution >= 0.6 is 12.6 Å². The van der Waals surface area contributed by atoms with Crippen molar-refractivity contribution in [3.63, 3.8) is 0 Å². The summed E-state index contributed by atoms with van der Waals surface area (Å²) in [5.74, 6) is -1.83. The van der Waals surface area contributed by atoms with Crippen LogP contribution in [-0.2, 0) is 10.9 Å². The molecule has 96 valence electrons. The molecule has 0 radical (unpaired) electrons. The van der Waals surface area contributed by atoms with Crippen LogP contribution in [0.5, 0.6) is 0 Å². The lowest BCUT2D eigenvalue weighted by molar-refractivity contribution is -0.142. The Kier molecular flexibility index (Phi) is 2.89. The fourth-order valence-electron chi connectivity index (χ4n) is 1.24. The Morgan fingerprint density at radius 3 is 2.67 bits per heavy atom. The number of rotatable bonds is 1. The van der Waals surface area contributed by atoms with Gasteiger partial charge in [0.25, 0.3) is 11.6 Å². The van der Waals surface area contributed by atoms with Gasteiger partial charge in [-0.25, -0.2) is 9.78 Å². The zero-order valence-corrected chi connectivity index (χ0v) is 9.66. The van der Waals surface area contributed by atoms with E-state index in [2.05, 4.69) is 32.4 Å². The zero-order valence-electron chi connectivity index (χ0n) is 8.76. The lowest BCUT2D eigenvalue weighted by Gasteiger charge is -2.07. The standard InChI is InChI=1S/C8H5F3N4O2S/c1-17-6(16)5-13-7-12-4(18)2-3(8(9,10)11)15(7)14-5/h2H,1H3,(H,12,13,14,18). The van der Waals surface area contributed by atoms with Crippen LogP contribution in [0.2, 0.25) is 0 Å². The second kappa shape index (κ2) is 4.12. The average molecular weight is 278 g/mol. The third-order valence-corrected chi connectivity index (χ3v) is 2.19. The van der Waals surface area contributed by atoms with Crippen LogP contribution in [0.4, 0.5) is 13.2 Å². The topological polar surface area (TPSA) is 69.4 Å². The smallest absolute Gasteiger partial charge is 0.433 e. The first-order chi connectivity index (χ1) is 8.32. The molecule has 2 rings (SSSR count). The number of hydrogen-bond acceptors (Lipinski definition) is 6. The Morgan fingerprint density at radius 1 is 1.44 bits per heavy atom. The largest absolute Gasteiger partial charge is 0.463 e. The summed E-state index contributed by atoms with van der Waals surface area (Å²) in [7, 11) is 1.07. The molecule has 0 aliphatic carbocycles. The molecule has 2 aromatic rings. The van der Waals surface area contributed by atoms with E-state index in [0.29, 0.717) is 10.6 Å². The van der Waals surface area contributed by atoms with Gasteiger partial charge >= 0.3 is 12.1 Å². The molecule has 0 fully saturated rings. The van der Waals surface area contributed by atoms with Crippen molar-refractivity contribution in [3.8, 4) is 0 Å². The van der Waals surface area contributed by atoms with Gasteiger partial charge < -0.3 is 4.74 Å². The van der Waals surface area contributed by atoms with Crippen LogP contribution in [0.25, 0.3) is 5.78 Å². The van der Waals surface area contributed by atoms with Crippen molar-refractivity contribution in [2.24, 2.45) is 0 Å². The number of esters is 1. The predicted molar refractivity (Wildman–Crippen MR) is 54.4 cm³/mol. The number of ether oxygens (including phenoxy) is 1. The van der Waals surface area contributed by atoms with Gasteiger partial charge in [-0.15, -0.1) is 17.7 Å². The fourth-order valence-corrected chi connectivity index (χ4v) is 1.45. The Labute approximate surface area is 103 Å². The molecular formula is C8H5F3N4O2S. The van der Waals surface area contributed by atoms with Gasteiger partial charge in [-0.05, 0) is 0 Å². The maximum Gasteiger partial charge on any atom is 0.433 e. The molecule has 0 aliphatic rings. The minimum Gasteiger partial charge on any atom is -0.463 e. The number of carbonyl (C=O) groups excluding carboxylic acids is 1. The molecule has 0 aliphatic heterocycles. The fraction of sp³-hybridized carbons (Fsp3) is 0.250. The summed E-state index contributed by atoms with van der Waals surface area (Å²) in [6, 6.07) is 0.686. The third-order valence-electron chi connectivity index (χ3n) is 1.96. The Morgan fingerprint density at radius 2 is 2.11 bits per heavy atom. The molecule has 0 N–H and O–H groups in total. The highest BCUT2D eigenvalue weighted by Crippen LogP contribution is 2.30. The van der Waals surface area contributed by atoms with Crippen LogP contribution < -0.4 is 0 Å². The van der Waals surface area contributed by atoms with Crippen molar-refractivity contribution in [2.75, 3.05) is 7.11 Å². The Bertz CT molecular complexity index is 625. The summed E-state index contributed by atoms with van der Waals surface area (Å²) in [4.78, 5) is 18.3. The van der Waals surface area contributed by atoms with Crippen LogP contribution in [0.1, 0.15) is 16.3 Å². The number of halogens is 3. The minimum atomic E-state index is -4.67. The van der Waals surface area contributed by atoms with Gasteiger partial charge in [0.05, 0.1) is 12.1 Å². The van der Waals surface area contributed by atoms with Crippen molar-refractivity contribution in [3.05, 3.63) is 17.6 Å². The maximum atomic E-state index is 12.7. The van der Waals surface area contributed by atoms with Crippen molar-refractivity contribution in [2.45, 2.75) is 11.2 Å². The van der Waals surface area contributed by atoms with Crippen LogP contribution in [-0.4, -0.2) is 32.7 Å². The zero-order chi connectivity index (χ0) is 13.5. The second-order valence-electron chi connectivity index (χ2n) is 3.14. The van der Waals surface area contributed by atoms with Gasteiger partial charge in [0.1, 0.15) is 0 Å². The van der Waals surface area contributed by atoms with Crippen molar-refractivity contribution in [1.29, 1.82) is 0 Å². The molecule has 6 nitrogen and oxygen atoms in total. The van der Waals surface area contributed by atoms with Crippen LogP contribution in [0, 0.1) is 0 Å². The Hall–Kier alpha value is -1.84. The van der Waals surface area contributed by atoms with E-state index in [1.54, 1.807) is 0 Å². The number of carbonyl (C=O) groups is 1. The number of nitrogens with zero attached hydrogens (tertiary/aromatic N) is 4. The van der Waals surface area contributed by atoms with E-state index >= 15 is 0 Å². The monoisotopic (exact) mass is 278 g/mol. The molecule has 0 aromatic carbocycles. The lowest BCUT2D eigenvalue weighted by Crippen LogP contribution is -2.14. The van der Waals surface area contributed by atoms with Gasteiger partial charge in [-0.2, -0.15) is 22.7 Å². The number of thiol groups is 1. The normalized spacial score (nSPS) is 11.8. The molecule has 0 bridgehead atoms. The van der Waals surface area contributed by atoms with E-state index in [4.69, 9.17) is 0 Å². The van der Waals surface area contributed by atoms with Crippen LogP contribution in [0.3, 0.4) is 0 Å². The van der Waals surface area contributed by atoms with Gasteiger partial charge in [0.2, 0.25) is 0 Å². The molecule has 0 amide bonds. The lowest BCUT2D eigenvalue weighted by atomic mass is 10.4. The molecule has 0 saturated carbocycles. The highest BCUT2D eigenvalue weighted by atomic mass is 32.1. The molecule has 18 heavy (non-hydrogen) atoms. The van der Waals surface area contributed by atoms with E-state index in [1.807, 2.05) is 0 Å². The molecule has 2 aromatic heterocycles. The van der Waals surface area contributed by atoms with Gasteiger partial charge in [0, 0.05) is 6.07 Å². The van der Waals surface area contributed by atoms with E-state index in [-0.39, 0.29) is 10.8 Å². The Balaban J connectivity index is 2.72. The molecule has 0 saturated heterocycles. The minimum absolute atomic E-state index is 0.182. The highest BCUT2D eigenvalue weighted by Gasteiger charge is 2.35. The summed E-state index contributed by atoms with van der Waals surface area (Å²) in [6.07, 6.45) is -4.67. The number of methoxy groups -OCH3 is 1. The summed E-state index contributed by atoms with van der Waals surface area (Å²) in [5, 5.41) is 3.22. The van der Waals surface area contributed by atoms with Crippen LogP contribution in [0.15, 0.2) is 11.1 Å². The van der Waals surface area contributed by atoms with Crippen molar-refractivity contribution < 1.29 is 22.7 Å². The number of hydrogen-bond donors (Lipinski definition) is 1. The van der Waals surface area contributed by atoms with Gasteiger partial charge in [-0.3, -0.25) is 0 Å². The van der Waals surface area contributed by atoms with Crippen molar-refractivity contribution in [1.82, 2.24) is 19.6 Å². The first kappa shape index (κ1) is 12.6. The van der Waals surface area contributed by atoms with E-state index in [0.717, 1.165) is 7.11 Å². The number of alkyl halides is 3. The summed E-state index contributed by atoms with van der Waals surface area (Å²) in [5.41, 5.74) is -1.12. The molecule has 0 unspecified atom stereocenters. The van der Waals surface area contributed by atoms with Gasteiger partial charge in [0.15, 0.2) is 5.69 Å². The molecular weight excluding hydrogens is 273 g/mol. The van der Waals surface area contributed by atoms with E-state index in [1.165, 1.54) is 0 Å². The van der Waals surface area contributed by atoms with Crippen molar-refractivity contribution >= 4 is 24.4 Å². The number of fused-ring (bicyclic) bond motifs is 1. The summed E-state index contributed by atoms with van der Waals surface area (Å²) < 4.78 is 42.9.